The van der Waals surface area contributed by atoms with Gasteiger partial charge < -0.3 is 14.2 Å². The number of carbonyl (C=O) groups is 3. The van der Waals surface area contributed by atoms with Gasteiger partial charge in [0.2, 0.25) is 0 Å². The molecule has 0 radical (unpaired) electrons. The molecule has 6 nitrogen and oxygen atoms in total. The Labute approximate surface area is 355 Å². The van der Waals surface area contributed by atoms with E-state index in [0.717, 1.165) is 75.5 Å². The van der Waals surface area contributed by atoms with Crippen molar-refractivity contribution in [1.82, 2.24) is 0 Å². The summed E-state index contributed by atoms with van der Waals surface area (Å²) in [6.07, 6.45) is 40.8. The summed E-state index contributed by atoms with van der Waals surface area (Å²) in [6.45, 7) is 13.7. The van der Waals surface area contributed by atoms with E-state index in [0.29, 0.717) is 19.3 Å². The van der Waals surface area contributed by atoms with Gasteiger partial charge in [-0.05, 0) is 37.0 Å². The van der Waals surface area contributed by atoms with Crippen molar-refractivity contribution >= 4 is 17.9 Å². The molecule has 0 aromatic rings. The Bertz CT molecular complexity index is 887. The molecule has 0 aliphatic heterocycles. The maximum Gasteiger partial charge on any atom is 0.306 e. The number of hydrogen-bond acceptors (Lipinski definition) is 6. The minimum absolute atomic E-state index is 0.0656. The summed E-state index contributed by atoms with van der Waals surface area (Å²) >= 11 is 0. The van der Waals surface area contributed by atoms with Crippen LogP contribution in [-0.2, 0) is 28.6 Å². The maximum atomic E-state index is 12.8. The van der Waals surface area contributed by atoms with Crippen LogP contribution in [0.1, 0.15) is 273 Å². The van der Waals surface area contributed by atoms with Gasteiger partial charge in [-0.1, -0.05) is 234 Å². The molecule has 3 atom stereocenters. The molecule has 0 saturated carbocycles. The predicted octanol–water partition coefficient (Wildman–Crippen LogP) is 16.0. The fourth-order valence-corrected chi connectivity index (χ4v) is 7.52. The van der Waals surface area contributed by atoms with Gasteiger partial charge in [0.25, 0.3) is 0 Å². The van der Waals surface area contributed by atoms with Gasteiger partial charge in [-0.3, -0.25) is 14.4 Å². The Morgan fingerprint density at radius 3 is 0.912 bits per heavy atom. The van der Waals surface area contributed by atoms with Crippen LogP contribution in [0.3, 0.4) is 0 Å². The fraction of sp³-hybridized carbons (Fsp3) is 0.941. The molecule has 0 N–H and O–H groups in total. The van der Waals surface area contributed by atoms with Crippen molar-refractivity contribution in [3.8, 4) is 0 Å². The summed E-state index contributed by atoms with van der Waals surface area (Å²) in [4.78, 5) is 37.9. The third-order valence-corrected chi connectivity index (χ3v) is 12.1. The van der Waals surface area contributed by atoms with Crippen LogP contribution in [0.2, 0.25) is 0 Å². The largest absolute Gasteiger partial charge is 0.462 e. The molecule has 57 heavy (non-hydrogen) atoms. The van der Waals surface area contributed by atoms with E-state index in [4.69, 9.17) is 14.2 Å². The lowest BCUT2D eigenvalue weighted by Gasteiger charge is -2.18. The first-order valence-corrected chi connectivity index (χ1v) is 25.2. The van der Waals surface area contributed by atoms with Crippen molar-refractivity contribution in [3.05, 3.63) is 0 Å². The summed E-state index contributed by atoms with van der Waals surface area (Å²) in [7, 11) is 0. The van der Waals surface area contributed by atoms with Crippen LogP contribution < -0.4 is 0 Å². The molecule has 2 unspecified atom stereocenters. The number of esters is 3. The van der Waals surface area contributed by atoms with Crippen LogP contribution >= 0.6 is 0 Å². The third-order valence-electron chi connectivity index (χ3n) is 12.1. The molecule has 6 heteroatoms. The average Bonchev–Trinajstić information content (AvgIpc) is 3.19. The lowest BCUT2D eigenvalue weighted by molar-refractivity contribution is -0.167. The van der Waals surface area contributed by atoms with E-state index in [2.05, 4.69) is 41.5 Å². The molecule has 0 aromatic heterocycles. The minimum Gasteiger partial charge on any atom is -0.462 e. The Kier molecular flexibility index (Phi) is 41.3. The first-order chi connectivity index (χ1) is 27.7. The second-order valence-corrected chi connectivity index (χ2v) is 18.4. The van der Waals surface area contributed by atoms with Crippen molar-refractivity contribution in [2.45, 2.75) is 279 Å². The molecule has 0 bridgehead atoms. The topological polar surface area (TPSA) is 78.9 Å². The highest BCUT2D eigenvalue weighted by Crippen LogP contribution is 2.18. The summed E-state index contributed by atoms with van der Waals surface area (Å²) < 4.78 is 16.8. The highest BCUT2D eigenvalue weighted by atomic mass is 16.6. The number of carbonyl (C=O) groups excluding carboxylic acids is 3. The number of hydrogen-bond donors (Lipinski definition) is 0. The van der Waals surface area contributed by atoms with E-state index in [1.807, 2.05) is 0 Å². The van der Waals surface area contributed by atoms with E-state index in [9.17, 15) is 14.4 Å². The molecule has 0 spiro atoms. The van der Waals surface area contributed by atoms with E-state index in [-0.39, 0.29) is 31.1 Å². The predicted molar refractivity (Wildman–Crippen MR) is 243 cm³/mol. The fourth-order valence-electron chi connectivity index (χ4n) is 7.52. The highest BCUT2D eigenvalue weighted by molar-refractivity contribution is 5.71. The Morgan fingerprint density at radius 2 is 0.614 bits per heavy atom. The highest BCUT2D eigenvalue weighted by Gasteiger charge is 2.19. The van der Waals surface area contributed by atoms with Gasteiger partial charge in [0.05, 0.1) is 0 Å². The normalized spacial score (nSPS) is 13.1. The number of ether oxygens (including phenoxy) is 3. The van der Waals surface area contributed by atoms with Crippen molar-refractivity contribution in [2.24, 2.45) is 17.8 Å². The van der Waals surface area contributed by atoms with Crippen LogP contribution in [0.25, 0.3) is 0 Å². The first kappa shape index (κ1) is 55.4. The molecular weight excluding hydrogens is 709 g/mol. The van der Waals surface area contributed by atoms with Gasteiger partial charge in [0.1, 0.15) is 13.2 Å². The van der Waals surface area contributed by atoms with Crippen LogP contribution in [0.4, 0.5) is 0 Å². The third kappa shape index (κ3) is 42.3. The monoisotopic (exact) mass is 807 g/mol. The van der Waals surface area contributed by atoms with Crippen LogP contribution in [0.15, 0.2) is 0 Å². The molecule has 0 aliphatic carbocycles. The standard InChI is InChI=1S/C51H98O6/c1-7-46(5)38-32-26-20-16-13-14-18-22-30-36-42-51(54)57-48(44-56-50(53)41-35-29-24-23-27-33-39-47(6)8-2)43-55-49(52)40-34-28-21-17-12-10-9-11-15-19-25-31-37-45(3)4/h45-48H,7-44H2,1-6H3/t46?,47?,48-/m0/s1. The summed E-state index contributed by atoms with van der Waals surface area (Å²) in [5.41, 5.74) is 0. The molecule has 0 saturated heterocycles. The number of rotatable bonds is 44. The first-order valence-electron chi connectivity index (χ1n) is 25.2. The van der Waals surface area contributed by atoms with E-state index >= 15 is 0 Å². The van der Waals surface area contributed by atoms with E-state index < -0.39 is 6.10 Å². The van der Waals surface area contributed by atoms with Gasteiger partial charge >= 0.3 is 17.9 Å². The summed E-state index contributed by atoms with van der Waals surface area (Å²) in [6, 6.07) is 0. The Morgan fingerprint density at radius 1 is 0.351 bits per heavy atom. The minimum atomic E-state index is -0.763. The Hall–Kier alpha value is -1.59. The van der Waals surface area contributed by atoms with Crippen molar-refractivity contribution < 1.29 is 28.6 Å². The van der Waals surface area contributed by atoms with Crippen LogP contribution in [0.5, 0.6) is 0 Å². The van der Waals surface area contributed by atoms with Gasteiger partial charge in [0.15, 0.2) is 6.10 Å². The van der Waals surface area contributed by atoms with Crippen molar-refractivity contribution in [2.75, 3.05) is 13.2 Å². The SMILES string of the molecule is CCC(C)CCCCCCCCCCCCC(=O)O[C@@H](COC(=O)CCCCCCCCCCCCCCC(C)C)COC(=O)CCCCCCCCC(C)CC. The molecule has 338 valence electrons. The number of unbranched alkanes of at least 4 members (excludes halogenated alkanes) is 25. The molecule has 0 amide bonds. The lowest BCUT2D eigenvalue weighted by atomic mass is 9.99. The van der Waals surface area contributed by atoms with Gasteiger partial charge in [-0.15, -0.1) is 0 Å². The van der Waals surface area contributed by atoms with Crippen LogP contribution in [-0.4, -0.2) is 37.2 Å². The molecule has 0 aliphatic rings. The van der Waals surface area contributed by atoms with Crippen LogP contribution in [0, 0.1) is 17.8 Å². The quantitative estimate of drug-likeness (QED) is 0.0347. The Balaban J connectivity index is 4.33. The van der Waals surface area contributed by atoms with Gasteiger partial charge in [-0.25, -0.2) is 0 Å². The average molecular weight is 807 g/mol. The van der Waals surface area contributed by atoms with Crippen molar-refractivity contribution in [1.29, 1.82) is 0 Å². The molecular formula is C51H98O6. The second-order valence-electron chi connectivity index (χ2n) is 18.4. The molecule has 0 heterocycles. The molecule has 0 fully saturated rings. The lowest BCUT2D eigenvalue weighted by Crippen LogP contribution is -2.30. The zero-order chi connectivity index (χ0) is 42.0. The molecule has 0 aromatic carbocycles. The van der Waals surface area contributed by atoms with Gasteiger partial charge in [0, 0.05) is 19.3 Å². The maximum absolute atomic E-state index is 12.8. The summed E-state index contributed by atoms with van der Waals surface area (Å²) in [5, 5.41) is 0. The zero-order valence-electron chi connectivity index (χ0n) is 39.1. The van der Waals surface area contributed by atoms with E-state index in [1.165, 1.54) is 154 Å². The smallest absolute Gasteiger partial charge is 0.306 e. The molecule has 0 rings (SSSR count). The summed E-state index contributed by atoms with van der Waals surface area (Å²) in [5.74, 6) is 1.66. The van der Waals surface area contributed by atoms with E-state index in [1.54, 1.807) is 0 Å². The zero-order valence-corrected chi connectivity index (χ0v) is 39.1. The van der Waals surface area contributed by atoms with Crippen molar-refractivity contribution in [3.63, 3.8) is 0 Å². The van der Waals surface area contributed by atoms with Gasteiger partial charge in [-0.2, -0.15) is 0 Å². The second kappa shape index (κ2) is 42.5.